The Morgan fingerprint density at radius 2 is 1.76 bits per heavy atom. The normalized spacial score (nSPS) is 30.6. The van der Waals surface area contributed by atoms with Gasteiger partial charge in [0.05, 0.1) is 29.6 Å². The van der Waals surface area contributed by atoms with E-state index in [4.69, 9.17) is 4.74 Å². The van der Waals surface area contributed by atoms with Crippen LogP contribution in [0.4, 0.5) is 26.3 Å². The molecule has 0 heterocycles. The molecule has 0 saturated heterocycles. The molecule has 2 fully saturated rings. The van der Waals surface area contributed by atoms with Crippen LogP contribution in [0.25, 0.3) is 11.6 Å². The fraction of sp³-hybridized carbons (Fsp3) is 0.667. The van der Waals surface area contributed by atoms with Crippen LogP contribution in [0.2, 0.25) is 0 Å². The summed E-state index contributed by atoms with van der Waals surface area (Å²) in [5.74, 6) is -2.77. The molecule has 1 aromatic rings. The third-order valence-corrected chi connectivity index (χ3v) is 8.56. The lowest BCUT2D eigenvalue weighted by atomic mass is 9.58. The Labute approximate surface area is 211 Å². The topological polar surface area (TPSA) is 58.6 Å². The van der Waals surface area contributed by atoms with Crippen LogP contribution in [0.3, 0.4) is 0 Å². The highest BCUT2D eigenvalue weighted by Gasteiger charge is 2.52. The minimum absolute atomic E-state index is 0.00103. The number of carboxylic acid groups (broad SMARTS) is 1. The van der Waals surface area contributed by atoms with E-state index in [0.29, 0.717) is 17.2 Å². The van der Waals surface area contributed by atoms with Gasteiger partial charge in [-0.05, 0) is 72.9 Å². The summed E-state index contributed by atoms with van der Waals surface area (Å²) < 4.78 is 87.7. The first-order chi connectivity index (χ1) is 17.1. The number of carbonyl (C=O) groups is 1. The van der Waals surface area contributed by atoms with E-state index in [1.807, 2.05) is 20.8 Å². The molecule has 2 unspecified atom stereocenters. The lowest BCUT2D eigenvalue weighted by Gasteiger charge is -2.51. The molecule has 0 aromatic heterocycles. The standard InChI is InChI=1S/C27H33F6NO3/c1-14(34-22-13-20(24(35)36)25(22,2)3)16-5-4-15-6-11-21(23(19(15)12-16)27(31,32)33)37-18-9-7-17(8-10-18)26(28,29)30/h4-6,12,14,17-18,20-22,34H,7-11,13H2,1-3H3,(H,35,36)/t14?,17?,18?,20-,21?,22-/m1/s1. The molecule has 0 aliphatic heterocycles. The quantitative estimate of drug-likeness (QED) is 0.491. The van der Waals surface area contributed by atoms with Crippen molar-refractivity contribution in [2.45, 2.75) is 95.9 Å². The van der Waals surface area contributed by atoms with E-state index in [9.17, 15) is 36.2 Å². The highest BCUT2D eigenvalue weighted by Crippen LogP contribution is 2.47. The molecule has 37 heavy (non-hydrogen) atoms. The molecule has 10 heteroatoms. The second-order valence-corrected chi connectivity index (χ2v) is 11.2. The van der Waals surface area contributed by atoms with Gasteiger partial charge < -0.3 is 15.2 Å². The summed E-state index contributed by atoms with van der Waals surface area (Å²) in [4.78, 5) is 11.4. The first-order valence-corrected chi connectivity index (χ1v) is 12.7. The minimum atomic E-state index is -4.67. The van der Waals surface area contributed by atoms with Gasteiger partial charge >= 0.3 is 18.3 Å². The average Bonchev–Trinajstić information content (AvgIpc) is 2.79. The van der Waals surface area contributed by atoms with Gasteiger partial charge in [-0.25, -0.2) is 0 Å². The van der Waals surface area contributed by atoms with Crippen molar-refractivity contribution in [2.24, 2.45) is 17.3 Å². The van der Waals surface area contributed by atoms with Gasteiger partial charge in [-0.15, -0.1) is 0 Å². The molecule has 4 rings (SSSR count). The summed E-state index contributed by atoms with van der Waals surface area (Å²) in [5.41, 5.74) is -0.656. The lowest BCUT2D eigenvalue weighted by Crippen LogP contribution is -2.59. The van der Waals surface area contributed by atoms with Gasteiger partial charge in [0.15, 0.2) is 0 Å². The fourth-order valence-electron chi connectivity index (χ4n) is 6.02. The van der Waals surface area contributed by atoms with Crippen molar-refractivity contribution >= 4 is 17.6 Å². The van der Waals surface area contributed by atoms with Gasteiger partial charge in [0.2, 0.25) is 0 Å². The van der Waals surface area contributed by atoms with Gasteiger partial charge in [0.1, 0.15) is 0 Å². The van der Waals surface area contributed by atoms with Crippen molar-refractivity contribution in [1.82, 2.24) is 5.32 Å². The predicted octanol–water partition coefficient (Wildman–Crippen LogP) is 5.24. The summed E-state index contributed by atoms with van der Waals surface area (Å²) in [6.45, 7) is 5.56. The van der Waals surface area contributed by atoms with E-state index >= 15 is 0 Å². The van der Waals surface area contributed by atoms with Gasteiger partial charge in [-0.2, -0.15) is 26.3 Å². The molecule has 4 atom stereocenters. The zero-order valence-corrected chi connectivity index (χ0v) is 21.0. The smallest absolute Gasteiger partial charge is 0.415 e. The summed E-state index contributed by atoms with van der Waals surface area (Å²) >= 11 is 0. The molecular formula is C27H33F6NO3. The number of hydrogen-bond acceptors (Lipinski definition) is 3. The summed E-state index contributed by atoms with van der Waals surface area (Å²) in [7, 11) is 0. The van der Waals surface area contributed by atoms with Crippen LogP contribution in [0.1, 0.15) is 70.9 Å². The molecule has 2 saturated carbocycles. The number of nitrogens with one attached hydrogen (secondary N) is 1. The van der Waals surface area contributed by atoms with E-state index < -0.39 is 53.4 Å². The monoisotopic (exact) mass is 533 g/mol. The van der Waals surface area contributed by atoms with Crippen molar-refractivity contribution in [1.29, 1.82) is 0 Å². The Bertz CT molecular complexity index is 1130. The van der Waals surface area contributed by atoms with E-state index in [0.717, 1.165) is 0 Å². The van der Waals surface area contributed by atoms with Crippen molar-refractivity contribution < 1.29 is 41.0 Å². The number of carboxylic acids is 1. The highest BCUT2D eigenvalue weighted by atomic mass is 19.4. The van der Waals surface area contributed by atoms with Crippen LogP contribution in [0.5, 0.6) is 0 Å². The zero-order chi connectivity index (χ0) is 27.3. The molecule has 3 aliphatic rings. The first kappa shape index (κ1) is 28.0. The maximum absolute atomic E-state index is 14.3. The molecular weight excluding hydrogens is 500 g/mol. The Morgan fingerprint density at radius 1 is 1.11 bits per heavy atom. The number of halogens is 6. The summed E-state index contributed by atoms with van der Waals surface area (Å²) in [6.07, 6.45) is -8.89. The van der Waals surface area contributed by atoms with Crippen LogP contribution in [-0.2, 0) is 9.53 Å². The second-order valence-electron chi connectivity index (χ2n) is 11.2. The Balaban J connectivity index is 1.56. The van der Waals surface area contributed by atoms with Gasteiger partial charge in [-0.3, -0.25) is 4.79 Å². The van der Waals surface area contributed by atoms with E-state index in [-0.39, 0.29) is 49.4 Å². The zero-order valence-electron chi connectivity index (χ0n) is 21.0. The van der Waals surface area contributed by atoms with Crippen molar-refractivity contribution in [2.75, 3.05) is 0 Å². The van der Waals surface area contributed by atoms with Crippen LogP contribution in [0.15, 0.2) is 18.2 Å². The summed E-state index contributed by atoms with van der Waals surface area (Å²) in [6, 6.07) is 4.49. The van der Waals surface area contributed by atoms with Crippen LogP contribution in [0, 0.1) is 17.3 Å². The van der Waals surface area contributed by atoms with Crippen LogP contribution >= 0.6 is 0 Å². The molecule has 3 aliphatic carbocycles. The van der Waals surface area contributed by atoms with Crippen molar-refractivity contribution in [3.05, 3.63) is 34.2 Å². The Hall–Kier alpha value is -2.07. The molecule has 206 valence electrons. The minimum Gasteiger partial charge on any atom is -0.481 e. The van der Waals surface area contributed by atoms with Gasteiger partial charge in [-0.1, -0.05) is 32.1 Å². The Kier molecular flexibility index (Phi) is 7.49. The van der Waals surface area contributed by atoms with Crippen molar-refractivity contribution in [3.63, 3.8) is 0 Å². The molecule has 0 bridgehead atoms. The first-order valence-electron chi connectivity index (χ1n) is 12.7. The molecule has 0 radical (unpaired) electrons. The third kappa shape index (κ3) is 5.70. The SMILES string of the molecule is CC(N[C@@H]1C[C@H](C(=O)O)C1(C)C)c1ccc2c(c1)=C(C(F)(F)F)C(OC1CCC(C(F)(F)F)CC1)CC=2. The number of ether oxygens (including phenoxy) is 1. The number of hydrogen-bond donors (Lipinski definition) is 2. The van der Waals surface area contributed by atoms with Gasteiger partial charge in [0.25, 0.3) is 0 Å². The second kappa shape index (κ2) is 9.91. The molecule has 1 aromatic carbocycles. The van der Waals surface area contributed by atoms with E-state index in [1.165, 1.54) is 6.07 Å². The highest BCUT2D eigenvalue weighted by molar-refractivity contribution is 5.72. The molecule has 4 nitrogen and oxygen atoms in total. The number of alkyl halides is 6. The maximum atomic E-state index is 14.3. The molecule has 0 amide bonds. The summed E-state index contributed by atoms with van der Waals surface area (Å²) in [5, 5.41) is 13.2. The lowest BCUT2D eigenvalue weighted by molar-refractivity contribution is -0.188. The number of aliphatic carboxylic acids is 1. The van der Waals surface area contributed by atoms with Crippen LogP contribution in [-0.4, -0.2) is 41.7 Å². The molecule has 2 N–H and O–H groups in total. The van der Waals surface area contributed by atoms with Crippen LogP contribution < -0.4 is 15.8 Å². The number of rotatable bonds is 6. The third-order valence-electron chi connectivity index (χ3n) is 8.56. The average molecular weight is 534 g/mol. The maximum Gasteiger partial charge on any atom is 0.415 e. The molecule has 0 spiro atoms. The number of fused-ring (bicyclic) bond motifs is 1. The van der Waals surface area contributed by atoms with Crippen molar-refractivity contribution in [3.8, 4) is 0 Å². The fourth-order valence-corrected chi connectivity index (χ4v) is 6.02. The van der Waals surface area contributed by atoms with E-state index in [2.05, 4.69) is 5.32 Å². The predicted molar refractivity (Wildman–Crippen MR) is 126 cm³/mol. The number of benzene rings is 1. The van der Waals surface area contributed by atoms with E-state index in [1.54, 1.807) is 18.2 Å². The largest absolute Gasteiger partial charge is 0.481 e. The van der Waals surface area contributed by atoms with Gasteiger partial charge in [0, 0.05) is 12.1 Å². The Morgan fingerprint density at radius 3 is 2.30 bits per heavy atom.